The Morgan fingerprint density at radius 1 is 1.58 bits per heavy atom. The number of ether oxygens (including phenoxy) is 1. The zero-order valence-corrected chi connectivity index (χ0v) is 11.4. The highest BCUT2D eigenvalue weighted by Crippen LogP contribution is 2.29. The fourth-order valence-corrected chi connectivity index (χ4v) is 2.56. The van der Waals surface area contributed by atoms with Crippen molar-refractivity contribution in [2.75, 3.05) is 18.6 Å². The van der Waals surface area contributed by atoms with Crippen LogP contribution in [0.15, 0.2) is 6.07 Å². The van der Waals surface area contributed by atoms with E-state index >= 15 is 0 Å². The van der Waals surface area contributed by atoms with Crippen molar-refractivity contribution >= 4 is 11.8 Å². The van der Waals surface area contributed by atoms with Crippen LogP contribution >= 0.6 is 0 Å². The first-order valence-electron chi connectivity index (χ1n) is 6.31. The highest BCUT2D eigenvalue weighted by molar-refractivity contribution is 5.81. The molecule has 0 amide bonds. The molecule has 0 saturated carbocycles. The zero-order chi connectivity index (χ0) is 14.0. The van der Waals surface area contributed by atoms with E-state index < -0.39 is 0 Å². The van der Waals surface area contributed by atoms with Crippen molar-refractivity contribution in [3.05, 3.63) is 22.9 Å². The number of aromatic nitrogens is 1. The highest BCUT2D eigenvalue weighted by Gasteiger charge is 2.34. The molecule has 2 rings (SSSR count). The van der Waals surface area contributed by atoms with E-state index in [-0.39, 0.29) is 12.0 Å². The molecule has 1 aromatic rings. The van der Waals surface area contributed by atoms with E-state index in [1.54, 1.807) is 0 Å². The maximum atomic E-state index is 11.8. The second-order valence-electron chi connectivity index (χ2n) is 4.77. The number of nitrogens with zero attached hydrogens (tertiary/aromatic N) is 3. The summed E-state index contributed by atoms with van der Waals surface area (Å²) in [6, 6.07) is 3.74. The Kier molecular flexibility index (Phi) is 3.70. The Balaban J connectivity index is 2.46. The molecule has 1 aliphatic heterocycles. The van der Waals surface area contributed by atoms with E-state index in [4.69, 9.17) is 4.74 Å². The first-order chi connectivity index (χ1) is 9.08. The summed E-state index contributed by atoms with van der Waals surface area (Å²) in [5.74, 6) is 0.343. The standard InChI is InChI=1S/C14H17N3O2/c1-9-7-10(2)16-13(11(9)8-15)17-6-4-5-12(17)14(18)19-3/h7,12H,4-6H2,1-3H3. The SMILES string of the molecule is COC(=O)C1CCCN1c1nc(C)cc(C)c1C#N. The molecule has 0 bridgehead atoms. The first-order valence-corrected chi connectivity index (χ1v) is 6.31. The van der Waals surface area contributed by atoms with E-state index in [0.717, 1.165) is 30.6 Å². The van der Waals surface area contributed by atoms with Crippen LogP contribution in [0.1, 0.15) is 29.7 Å². The van der Waals surface area contributed by atoms with Gasteiger partial charge in [-0.2, -0.15) is 5.26 Å². The summed E-state index contributed by atoms with van der Waals surface area (Å²) < 4.78 is 4.83. The zero-order valence-electron chi connectivity index (χ0n) is 11.4. The molecule has 0 N–H and O–H groups in total. The van der Waals surface area contributed by atoms with Gasteiger partial charge in [-0.15, -0.1) is 0 Å². The van der Waals surface area contributed by atoms with Gasteiger partial charge in [-0.1, -0.05) is 0 Å². The van der Waals surface area contributed by atoms with E-state index in [9.17, 15) is 10.1 Å². The second kappa shape index (κ2) is 5.27. The quantitative estimate of drug-likeness (QED) is 0.756. The van der Waals surface area contributed by atoms with Gasteiger partial charge < -0.3 is 9.64 Å². The van der Waals surface area contributed by atoms with Crippen molar-refractivity contribution in [3.63, 3.8) is 0 Å². The third kappa shape index (κ3) is 2.39. The van der Waals surface area contributed by atoms with Gasteiger partial charge in [0.05, 0.1) is 12.7 Å². The lowest BCUT2D eigenvalue weighted by Crippen LogP contribution is -2.38. The minimum atomic E-state index is -0.328. The molecule has 0 spiro atoms. The van der Waals surface area contributed by atoms with Gasteiger partial charge in [0, 0.05) is 12.2 Å². The predicted octanol–water partition coefficient (Wildman–Crippen LogP) is 1.71. The van der Waals surface area contributed by atoms with Gasteiger partial charge >= 0.3 is 5.97 Å². The van der Waals surface area contributed by atoms with Crippen LogP contribution in [-0.4, -0.2) is 30.6 Å². The summed E-state index contributed by atoms with van der Waals surface area (Å²) in [6.07, 6.45) is 1.64. The number of aryl methyl sites for hydroxylation is 2. The Morgan fingerprint density at radius 2 is 2.32 bits per heavy atom. The minimum Gasteiger partial charge on any atom is -0.467 e. The lowest BCUT2D eigenvalue weighted by Gasteiger charge is -2.25. The number of pyridine rings is 1. The number of carbonyl (C=O) groups excluding carboxylic acids is 1. The molecule has 1 aliphatic rings. The average molecular weight is 259 g/mol. The van der Waals surface area contributed by atoms with Gasteiger partial charge in [-0.05, 0) is 38.3 Å². The summed E-state index contributed by atoms with van der Waals surface area (Å²) in [5.41, 5.74) is 2.28. The van der Waals surface area contributed by atoms with Crippen LogP contribution in [0.4, 0.5) is 5.82 Å². The number of esters is 1. The van der Waals surface area contributed by atoms with Crippen molar-refractivity contribution in [2.24, 2.45) is 0 Å². The van der Waals surface area contributed by atoms with Crippen molar-refractivity contribution in [1.29, 1.82) is 5.26 Å². The van der Waals surface area contributed by atoms with Crippen molar-refractivity contribution in [2.45, 2.75) is 32.7 Å². The van der Waals surface area contributed by atoms with Gasteiger partial charge in [0.25, 0.3) is 0 Å². The molecule has 1 atom stereocenters. The molecular weight excluding hydrogens is 242 g/mol. The topological polar surface area (TPSA) is 66.2 Å². The maximum absolute atomic E-state index is 11.8. The monoisotopic (exact) mass is 259 g/mol. The van der Waals surface area contributed by atoms with E-state index in [2.05, 4.69) is 11.1 Å². The lowest BCUT2D eigenvalue weighted by atomic mass is 10.1. The molecule has 5 heteroatoms. The van der Waals surface area contributed by atoms with Crippen LogP contribution in [0.3, 0.4) is 0 Å². The molecule has 100 valence electrons. The highest BCUT2D eigenvalue weighted by atomic mass is 16.5. The summed E-state index contributed by atoms with van der Waals surface area (Å²) >= 11 is 0. The third-order valence-electron chi connectivity index (χ3n) is 3.44. The summed E-state index contributed by atoms with van der Waals surface area (Å²) in [7, 11) is 1.39. The predicted molar refractivity (Wildman–Crippen MR) is 70.8 cm³/mol. The Bertz CT molecular complexity index is 548. The third-order valence-corrected chi connectivity index (χ3v) is 3.44. The average Bonchev–Trinajstić information content (AvgIpc) is 2.86. The van der Waals surface area contributed by atoms with Crippen LogP contribution in [0, 0.1) is 25.2 Å². The number of rotatable bonds is 2. The minimum absolute atomic E-state index is 0.262. The van der Waals surface area contributed by atoms with Crippen molar-refractivity contribution < 1.29 is 9.53 Å². The van der Waals surface area contributed by atoms with Crippen LogP contribution in [-0.2, 0) is 9.53 Å². The van der Waals surface area contributed by atoms with E-state index in [1.165, 1.54) is 7.11 Å². The second-order valence-corrected chi connectivity index (χ2v) is 4.77. The number of methoxy groups -OCH3 is 1. The molecule has 0 aliphatic carbocycles. The summed E-state index contributed by atoms with van der Waals surface area (Å²) in [6.45, 7) is 4.51. The Hall–Kier alpha value is -2.09. The number of anilines is 1. The Morgan fingerprint density at radius 3 is 2.95 bits per heavy atom. The lowest BCUT2D eigenvalue weighted by molar-refractivity contribution is -0.141. The molecule has 1 fully saturated rings. The fourth-order valence-electron chi connectivity index (χ4n) is 2.56. The Labute approximate surface area is 112 Å². The summed E-state index contributed by atoms with van der Waals surface area (Å²) in [5, 5.41) is 9.30. The van der Waals surface area contributed by atoms with Crippen molar-refractivity contribution in [3.8, 4) is 6.07 Å². The van der Waals surface area contributed by atoms with Gasteiger partial charge in [0.15, 0.2) is 0 Å². The molecule has 1 aromatic heterocycles. The molecule has 0 aromatic carbocycles. The first kappa shape index (κ1) is 13.3. The molecular formula is C14H17N3O2. The smallest absolute Gasteiger partial charge is 0.328 e. The molecule has 1 unspecified atom stereocenters. The number of hydrogen-bond acceptors (Lipinski definition) is 5. The molecule has 5 nitrogen and oxygen atoms in total. The number of hydrogen-bond donors (Lipinski definition) is 0. The van der Waals surface area contributed by atoms with Crippen LogP contribution in [0.25, 0.3) is 0 Å². The molecule has 2 heterocycles. The molecule has 19 heavy (non-hydrogen) atoms. The largest absolute Gasteiger partial charge is 0.467 e. The molecule has 0 radical (unpaired) electrons. The van der Waals surface area contributed by atoms with Gasteiger partial charge in [-0.3, -0.25) is 0 Å². The molecule has 1 saturated heterocycles. The fraction of sp³-hybridized carbons (Fsp3) is 0.500. The summed E-state index contributed by atoms with van der Waals surface area (Å²) in [4.78, 5) is 18.1. The number of nitriles is 1. The van der Waals surface area contributed by atoms with Gasteiger partial charge in [-0.25, -0.2) is 9.78 Å². The van der Waals surface area contributed by atoms with E-state index in [0.29, 0.717) is 11.4 Å². The van der Waals surface area contributed by atoms with Crippen LogP contribution in [0.5, 0.6) is 0 Å². The van der Waals surface area contributed by atoms with Crippen LogP contribution in [0.2, 0.25) is 0 Å². The van der Waals surface area contributed by atoms with Gasteiger partial charge in [0.2, 0.25) is 0 Å². The van der Waals surface area contributed by atoms with Gasteiger partial charge in [0.1, 0.15) is 17.9 Å². The van der Waals surface area contributed by atoms with E-state index in [1.807, 2.05) is 24.8 Å². The number of carbonyl (C=O) groups is 1. The maximum Gasteiger partial charge on any atom is 0.328 e. The van der Waals surface area contributed by atoms with Crippen molar-refractivity contribution in [1.82, 2.24) is 4.98 Å². The van der Waals surface area contributed by atoms with Crippen LogP contribution < -0.4 is 4.90 Å². The normalized spacial score (nSPS) is 18.2.